The zero-order valence-corrected chi connectivity index (χ0v) is 13.5. The van der Waals surface area contributed by atoms with Crippen LogP contribution in [0.5, 0.6) is 0 Å². The lowest BCUT2D eigenvalue weighted by molar-refractivity contribution is -0.135. The van der Waals surface area contributed by atoms with Gasteiger partial charge < -0.3 is 15.3 Å². The Hall–Kier alpha value is -2.61. The number of carbonyl (C=O) groups excluding carboxylic acids is 1. The Labute approximate surface area is 137 Å². The van der Waals surface area contributed by atoms with Crippen molar-refractivity contribution in [3.63, 3.8) is 0 Å². The minimum absolute atomic E-state index is 0.0590. The Morgan fingerprint density at radius 2 is 2.04 bits per heavy atom. The average molecular weight is 332 g/mol. The van der Waals surface area contributed by atoms with Crippen molar-refractivity contribution >= 4 is 29.3 Å². The van der Waals surface area contributed by atoms with Gasteiger partial charge in [-0.1, -0.05) is 35.1 Å². The maximum atomic E-state index is 12.0. The smallest absolute Gasteiger partial charge is 0.364 e. The molecule has 2 rings (SSSR count). The number of oxime groups is 1. The molecule has 8 heteroatoms. The van der Waals surface area contributed by atoms with Gasteiger partial charge >= 0.3 is 5.97 Å². The number of rotatable bonds is 6. The summed E-state index contributed by atoms with van der Waals surface area (Å²) in [5.74, 6) is -0.388. The summed E-state index contributed by atoms with van der Waals surface area (Å²) in [6.45, 7) is 1.90. The van der Waals surface area contributed by atoms with Gasteiger partial charge in [0.15, 0.2) is 5.82 Å². The molecule has 0 amide bonds. The summed E-state index contributed by atoms with van der Waals surface area (Å²) in [5.41, 5.74) is 5.68. The summed E-state index contributed by atoms with van der Waals surface area (Å²) >= 11 is 1.40. The number of nitrogens with two attached hydrogens (primary N) is 1. The van der Waals surface area contributed by atoms with E-state index in [-0.39, 0.29) is 24.0 Å². The molecule has 0 aliphatic carbocycles. The first-order valence-electron chi connectivity index (χ1n) is 6.80. The van der Waals surface area contributed by atoms with Gasteiger partial charge in [-0.15, -0.1) is 0 Å². The van der Waals surface area contributed by atoms with E-state index in [1.165, 1.54) is 18.9 Å². The third kappa shape index (κ3) is 4.68. The number of nitrogens with zero attached hydrogens (tertiary/aromatic N) is 3. The standard InChI is InChI=1S/C15H16N4O3S/c1-3-22-15(20)13(19-21-2)14-17-11(16)9-12(18-14)23-10-7-5-4-6-8-10/h4-9H,3H2,1-2H3,(H2,16,17,18). The van der Waals surface area contributed by atoms with Crippen molar-refractivity contribution in [2.75, 3.05) is 19.5 Å². The van der Waals surface area contributed by atoms with Crippen LogP contribution in [0.15, 0.2) is 51.5 Å². The molecule has 0 aliphatic heterocycles. The molecule has 2 N–H and O–H groups in total. The quantitative estimate of drug-likeness (QED) is 0.374. The lowest BCUT2D eigenvalue weighted by Crippen LogP contribution is -2.22. The molecule has 0 aliphatic rings. The third-order valence-corrected chi connectivity index (χ3v) is 3.48. The molecule has 0 saturated carbocycles. The predicted molar refractivity (Wildman–Crippen MR) is 87.2 cm³/mol. The second-order valence-electron chi connectivity index (χ2n) is 4.21. The topological polar surface area (TPSA) is 99.7 Å². The van der Waals surface area contributed by atoms with Gasteiger partial charge in [0.05, 0.1) is 6.61 Å². The number of carbonyl (C=O) groups is 1. The molecule has 0 spiro atoms. The minimum Gasteiger partial charge on any atom is -0.461 e. The Bertz CT molecular complexity index is 707. The van der Waals surface area contributed by atoms with Gasteiger partial charge in [-0.05, 0) is 19.1 Å². The largest absolute Gasteiger partial charge is 0.461 e. The van der Waals surface area contributed by atoms with Gasteiger partial charge in [-0.2, -0.15) is 0 Å². The molecule has 1 aromatic heterocycles. The molecule has 0 radical (unpaired) electrons. The molecule has 0 atom stereocenters. The first-order valence-corrected chi connectivity index (χ1v) is 7.61. The van der Waals surface area contributed by atoms with Gasteiger partial charge in [0.2, 0.25) is 5.71 Å². The second kappa shape index (κ2) is 8.14. The van der Waals surface area contributed by atoms with Crippen LogP contribution in [0.2, 0.25) is 0 Å². The van der Waals surface area contributed by atoms with Gasteiger partial charge in [-0.25, -0.2) is 14.8 Å². The van der Waals surface area contributed by atoms with Gasteiger partial charge in [-0.3, -0.25) is 0 Å². The highest BCUT2D eigenvalue weighted by Crippen LogP contribution is 2.26. The van der Waals surface area contributed by atoms with Crippen molar-refractivity contribution in [3.8, 4) is 0 Å². The molecule has 0 saturated heterocycles. The Kier molecular flexibility index (Phi) is 5.93. The van der Waals surface area contributed by atoms with Crippen molar-refractivity contribution in [3.05, 3.63) is 42.2 Å². The zero-order chi connectivity index (χ0) is 16.7. The Morgan fingerprint density at radius 3 is 2.70 bits per heavy atom. The molecular weight excluding hydrogens is 316 g/mol. The van der Waals surface area contributed by atoms with Crippen molar-refractivity contribution in [2.45, 2.75) is 16.8 Å². The summed E-state index contributed by atoms with van der Waals surface area (Å²) in [7, 11) is 1.32. The summed E-state index contributed by atoms with van der Waals surface area (Å²) in [4.78, 5) is 26.0. The van der Waals surface area contributed by atoms with E-state index >= 15 is 0 Å². The fourth-order valence-electron chi connectivity index (χ4n) is 1.67. The summed E-state index contributed by atoms with van der Waals surface area (Å²) in [6, 6.07) is 11.3. The number of benzene rings is 1. The fourth-order valence-corrected chi connectivity index (χ4v) is 2.52. The van der Waals surface area contributed by atoms with Crippen molar-refractivity contribution in [2.24, 2.45) is 5.16 Å². The van der Waals surface area contributed by atoms with Crippen LogP contribution in [0, 0.1) is 0 Å². The number of hydrogen-bond donors (Lipinski definition) is 1. The van der Waals surface area contributed by atoms with Crippen LogP contribution >= 0.6 is 11.8 Å². The van der Waals surface area contributed by atoms with Crippen LogP contribution in [0.3, 0.4) is 0 Å². The molecule has 0 bridgehead atoms. The summed E-state index contributed by atoms with van der Waals surface area (Å²) in [5, 5.41) is 4.24. The Balaban J connectivity index is 2.35. The summed E-state index contributed by atoms with van der Waals surface area (Å²) < 4.78 is 4.93. The molecule has 120 valence electrons. The van der Waals surface area contributed by atoms with Gasteiger partial charge in [0.25, 0.3) is 0 Å². The lowest BCUT2D eigenvalue weighted by Gasteiger charge is -2.07. The number of hydrogen-bond acceptors (Lipinski definition) is 8. The van der Waals surface area contributed by atoms with Crippen LogP contribution < -0.4 is 5.73 Å². The molecule has 7 nitrogen and oxygen atoms in total. The second-order valence-corrected chi connectivity index (χ2v) is 5.31. The first-order chi connectivity index (χ1) is 11.1. The van der Waals surface area contributed by atoms with E-state index in [9.17, 15) is 4.79 Å². The maximum absolute atomic E-state index is 12.0. The van der Waals surface area contributed by atoms with E-state index in [4.69, 9.17) is 10.5 Å². The van der Waals surface area contributed by atoms with Crippen molar-refractivity contribution in [1.29, 1.82) is 0 Å². The molecular formula is C15H16N4O3S. The number of ether oxygens (including phenoxy) is 1. The number of aromatic nitrogens is 2. The predicted octanol–water partition coefficient (Wildman–Crippen LogP) is 2.12. The maximum Gasteiger partial charge on any atom is 0.364 e. The average Bonchev–Trinajstić information content (AvgIpc) is 2.53. The lowest BCUT2D eigenvalue weighted by atomic mass is 10.3. The molecule has 23 heavy (non-hydrogen) atoms. The highest BCUT2D eigenvalue weighted by Gasteiger charge is 2.21. The van der Waals surface area contributed by atoms with E-state index in [0.717, 1.165) is 4.90 Å². The van der Waals surface area contributed by atoms with Crippen LogP contribution in [0.25, 0.3) is 0 Å². The summed E-state index contributed by atoms with van der Waals surface area (Å²) in [6.07, 6.45) is 0. The first kappa shape index (κ1) is 16.8. The van der Waals surface area contributed by atoms with Crippen molar-refractivity contribution < 1.29 is 14.4 Å². The van der Waals surface area contributed by atoms with Crippen LogP contribution in [-0.4, -0.2) is 35.4 Å². The molecule has 0 fully saturated rings. The monoisotopic (exact) mass is 332 g/mol. The number of anilines is 1. The van der Waals surface area contributed by atoms with E-state index in [1.807, 2.05) is 30.3 Å². The normalized spacial score (nSPS) is 11.1. The van der Waals surface area contributed by atoms with E-state index in [0.29, 0.717) is 5.03 Å². The highest BCUT2D eigenvalue weighted by atomic mass is 32.2. The van der Waals surface area contributed by atoms with Gasteiger partial charge in [0, 0.05) is 11.0 Å². The van der Waals surface area contributed by atoms with Crippen LogP contribution in [-0.2, 0) is 14.4 Å². The molecule has 0 unspecified atom stereocenters. The number of nitrogen functional groups attached to an aromatic ring is 1. The highest BCUT2D eigenvalue weighted by molar-refractivity contribution is 7.99. The third-order valence-electron chi connectivity index (χ3n) is 2.55. The minimum atomic E-state index is -0.671. The molecule has 2 aromatic rings. The zero-order valence-electron chi connectivity index (χ0n) is 12.7. The molecule has 1 heterocycles. The molecule has 1 aromatic carbocycles. The SMILES string of the molecule is CCOC(=O)C(=NOC)c1nc(N)cc(Sc2ccccc2)n1. The van der Waals surface area contributed by atoms with Crippen LogP contribution in [0.4, 0.5) is 5.82 Å². The Morgan fingerprint density at radius 1 is 1.30 bits per heavy atom. The van der Waals surface area contributed by atoms with Crippen LogP contribution in [0.1, 0.15) is 12.7 Å². The van der Waals surface area contributed by atoms with E-state index in [2.05, 4.69) is 20.0 Å². The fraction of sp³-hybridized carbons (Fsp3) is 0.200. The number of esters is 1. The van der Waals surface area contributed by atoms with E-state index in [1.54, 1.807) is 13.0 Å². The van der Waals surface area contributed by atoms with E-state index < -0.39 is 5.97 Å². The van der Waals surface area contributed by atoms with Gasteiger partial charge in [0.1, 0.15) is 18.0 Å². The van der Waals surface area contributed by atoms with Crippen molar-refractivity contribution in [1.82, 2.24) is 9.97 Å².